The normalized spacial score (nSPS) is 26.5. The van der Waals surface area contributed by atoms with E-state index in [-0.39, 0.29) is 11.8 Å². The molecular weight excluding hydrogens is 282 g/mol. The Labute approximate surface area is 129 Å². The molecule has 22 heavy (non-hydrogen) atoms. The van der Waals surface area contributed by atoms with Gasteiger partial charge in [-0.05, 0) is 50.0 Å². The molecule has 0 aromatic heterocycles. The van der Waals surface area contributed by atoms with E-state index in [2.05, 4.69) is 4.90 Å². The molecule has 3 fully saturated rings. The van der Waals surface area contributed by atoms with Crippen molar-refractivity contribution in [1.82, 2.24) is 4.90 Å². The molecule has 3 aliphatic rings. The van der Waals surface area contributed by atoms with Crippen molar-refractivity contribution in [2.75, 3.05) is 32.5 Å². The fourth-order valence-electron chi connectivity index (χ4n) is 3.23. The minimum atomic E-state index is -0.612. The minimum Gasteiger partial charge on any atom is -0.497 e. The molecule has 0 unspecified atom stereocenters. The van der Waals surface area contributed by atoms with Gasteiger partial charge >= 0.3 is 5.97 Å². The second kappa shape index (κ2) is 5.96. The third kappa shape index (κ3) is 2.78. The van der Waals surface area contributed by atoms with Gasteiger partial charge in [-0.15, -0.1) is 0 Å². The van der Waals surface area contributed by atoms with Gasteiger partial charge in [0.1, 0.15) is 17.6 Å². The molecule has 3 aliphatic heterocycles. The van der Waals surface area contributed by atoms with Crippen LogP contribution in [0.4, 0.5) is 5.69 Å². The zero-order valence-electron chi connectivity index (χ0n) is 12.7. The molecule has 1 aromatic carbocycles. The first-order valence-corrected chi connectivity index (χ1v) is 7.54. The van der Waals surface area contributed by atoms with Crippen LogP contribution in [0.3, 0.4) is 0 Å². The Morgan fingerprint density at radius 1 is 1.36 bits per heavy atom. The fourth-order valence-corrected chi connectivity index (χ4v) is 3.23. The highest BCUT2D eigenvalue weighted by Crippen LogP contribution is 2.30. The molecule has 0 spiro atoms. The van der Waals surface area contributed by atoms with Crippen molar-refractivity contribution in [2.45, 2.75) is 18.9 Å². The van der Waals surface area contributed by atoms with Gasteiger partial charge in [-0.2, -0.15) is 0 Å². The highest BCUT2D eigenvalue weighted by atomic mass is 16.5. The number of rotatable bonds is 4. The number of piperidine rings is 3. The Morgan fingerprint density at radius 3 is 2.68 bits per heavy atom. The van der Waals surface area contributed by atoms with E-state index in [0.717, 1.165) is 32.5 Å². The molecule has 6 heteroatoms. The Morgan fingerprint density at radius 2 is 2.09 bits per heavy atom. The van der Waals surface area contributed by atoms with Gasteiger partial charge < -0.3 is 15.2 Å². The summed E-state index contributed by atoms with van der Waals surface area (Å²) < 4.78 is 10.7. The summed E-state index contributed by atoms with van der Waals surface area (Å²) in [4.78, 5) is 14.6. The minimum absolute atomic E-state index is 0.109. The Balaban J connectivity index is 1.71. The van der Waals surface area contributed by atoms with Crippen molar-refractivity contribution in [3.05, 3.63) is 23.8 Å². The highest BCUT2D eigenvalue weighted by molar-refractivity contribution is 6.43. The van der Waals surface area contributed by atoms with Crippen molar-refractivity contribution in [2.24, 2.45) is 5.92 Å². The predicted molar refractivity (Wildman–Crippen MR) is 83.3 cm³/mol. The number of nitrogens with one attached hydrogen (secondary N) is 1. The number of methoxy groups -OCH3 is 1. The number of benzene rings is 1. The predicted octanol–water partition coefficient (Wildman–Crippen LogP) is 1.28. The molecule has 1 aromatic rings. The quantitative estimate of drug-likeness (QED) is 0.497. The van der Waals surface area contributed by atoms with Gasteiger partial charge in [0.2, 0.25) is 0 Å². The van der Waals surface area contributed by atoms with Crippen LogP contribution in [0.15, 0.2) is 18.2 Å². The first-order chi connectivity index (χ1) is 10.6. The van der Waals surface area contributed by atoms with Gasteiger partial charge in [0.25, 0.3) is 0 Å². The average molecular weight is 303 g/mol. The van der Waals surface area contributed by atoms with Crippen LogP contribution in [-0.4, -0.2) is 49.4 Å². The number of carbonyl (C=O) groups excluding carboxylic acids is 1. The summed E-state index contributed by atoms with van der Waals surface area (Å²) in [5.74, 6) is 0.368. The number of carbonyl (C=O) groups is 1. The average Bonchev–Trinajstić information content (AvgIpc) is 2.55. The van der Waals surface area contributed by atoms with E-state index in [1.165, 1.54) is 7.11 Å². The van der Waals surface area contributed by atoms with Gasteiger partial charge in [0.15, 0.2) is 0 Å². The molecule has 0 amide bonds. The van der Waals surface area contributed by atoms with Crippen LogP contribution in [0, 0.1) is 11.3 Å². The number of nitrogens with two attached hydrogens (primary N) is 1. The van der Waals surface area contributed by atoms with Crippen LogP contribution >= 0.6 is 0 Å². The zero-order chi connectivity index (χ0) is 15.7. The van der Waals surface area contributed by atoms with Crippen molar-refractivity contribution < 1.29 is 14.3 Å². The van der Waals surface area contributed by atoms with Gasteiger partial charge in [0.05, 0.1) is 7.11 Å². The molecule has 3 saturated heterocycles. The molecule has 4 rings (SSSR count). The number of hydrogen-bond acceptors (Lipinski definition) is 6. The van der Waals surface area contributed by atoms with E-state index < -0.39 is 5.97 Å². The maximum atomic E-state index is 12.3. The summed E-state index contributed by atoms with van der Waals surface area (Å²) in [6.45, 7) is 2.94. The van der Waals surface area contributed by atoms with Crippen LogP contribution in [0.2, 0.25) is 0 Å². The maximum absolute atomic E-state index is 12.3. The smallest absolute Gasteiger partial charge is 0.357 e. The van der Waals surface area contributed by atoms with E-state index >= 15 is 0 Å². The molecular formula is C16H21N3O3. The summed E-state index contributed by atoms with van der Waals surface area (Å²) in [5, 5.41) is 8.08. The van der Waals surface area contributed by atoms with Crippen LogP contribution < -0.4 is 10.5 Å². The molecule has 0 aliphatic carbocycles. The van der Waals surface area contributed by atoms with E-state index in [0.29, 0.717) is 22.9 Å². The van der Waals surface area contributed by atoms with Gasteiger partial charge in [0, 0.05) is 17.8 Å². The van der Waals surface area contributed by atoms with Crippen molar-refractivity contribution >= 4 is 17.4 Å². The molecule has 0 radical (unpaired) electrons. The highest BCUT2D eigenvalue weighted by Gasteiger charge is 2.37. The van der Waals surface area contributed by atoms with E-state index in [1.54, 1.807) is 18.2 Å². The summed E-state index contributed by atoms with van der Waals surface area (Å²) >= 11 is 0. The first kappa shape index (κ1) is 14.8. The summed E-state index contributed by atoms with van der Waals surface area (Å²) in [6.07, 6.45) is 2.02. The molecule has 3 N–H and O–H groups in total. The van der Waals surface area contributed by atoms with Crippen molar-refractivity contribution in [3.8, 4) is 5.75 Å². The fraction of sp³-hybridized carbons (Fsp3) is 0.500. The molecule has 1 atom stereocenters. The molecule has 0 saturated carbocycles. The third-order valence-corrected chi connectivity index (χ3v) is 4.59. The number of ether oxygens (including phenoxy) is 2. The first-order valence-electron chi connectivity index (χ1n) is 7.54. The molecule has 118 valence electrons. The second-order valence-corrected chi connectivity index (χ2v) is 5.91. The van der Waals surface area contributed by atoms with Crippen LogP contribution in [0.1, 0.15) is 18.4 Å². The second-order valence-electron chi connectivity index (χ2n) is 5.91. The van der Waals surface area contributed by atoms with E-state index in [1.807, 2.05) is 0 Å². The van der Waals surface area contributed by atoms with Gasteiger partial charge in [-0.1, -0.05) is 0 Å². The number of fused-ring (bicyclic) bond motifs is 3. The lowest BCUT2D eigenvalue weighted by Crippen LogP contribution is -2.52. The standard InChI is InChI=1S/C16H21N3O3/c1-21-11-2-3-13(17)12(8-11)15(18)16(20)22-14-9-19-6-4-10(14)5-7-19/h2-3,8,10,14,18H,4-7,9,17H2,1H3/t14-/m1/s1. The zero-order valence-corrected chi connectivity index (χ0v) is 12.7. The topological polar surface area (TPSA) is 88.6 Å². The van der Waals surface area contributed by atoms with Crippen molar-refractivity contribution in [1.29, 1.82) is 5.41 Å². The third-order valence-electron chi connectivity index (χ3n) is 4.59. The Bertz CT molecular complexity index is 594. The van der Waals surface area contributed by atoms with Gasteiger partial charge in [-0.25, -0.2) is 4.79 Å². The lowest BCUT2D eigenvalue weighted by Gasteiger charge is -2.43. The SMILES string of the molecule is COc1ccc(N)c(C(=N)C(=O)O[C@@H]2CN3CCC2CC3)c1. The van der Waals surface area contributed by atoms with E-state index in [4.69, 9.17) is 20.6 Å². The lowest BCUT2D eigenvalue weighted by atomic mass is 9.86. The summed E-state index contributed by atoms with van der Waals surface area (Å²) in [5.41, 5.74) is 6.37. The van der Waals surface area contributed by atoms with Crippen LogP contribution in [0.25, 0.3) is 0 Å². The summed E-state index contributed by atoms with van der Waals surface area (Å²) in [7, 11) is 1.53. The van der Waals surface area contributed by atoms with Crippen LogP contribution in [0.5, 0.6) is 5.75 Å². The number of anilines is 1. The number of esters is 1. The monoisotopic (exact) mass is 303 g/mol. The Kier molecular flexibility index (Phi) is 4.02. The number of hydrogen-bond donors (Lipinski definition) is 2. The number of nitrogens with zero attached hydrogens (tertiary/aromatic N) is 1. The molecule has 2 bridgehead atoms. The van der Waals surface area contributed by atoms with E-state index in [9.17, 15) is 4.79 Å². The van der Waals surface area contributed by atoms with Crippen LogP contribution in [-0.2, 0) is 9.53 Å². The number of nitrogen functional groups attached to an aromatic ring is 1. The summed E-state index contributed by atoms with van der Waals surface area (Å²) in [6, 6.07) is 4.92. The molecule has 3 heterocycles. The van der Waals surface area contributed by atoms with Crippen molar-refractivity contribution in [3.63, 3.8) is 0 Å². The van der Waals surface area contributed by atoms with Gasteiger partial charge in [-0.3, -0.25) is 10.3 Å². The molecule has 6 nitrogen and oxygen atoms in total. The largest absolute Gasteiger partial charge is 0.497 e. The maximum Gasteiger partial charge on any atom is 0.357 e. The lowest BCUT2D eigenvalue weighted by molar-refractivity contribution is -0.150. The Hall–Kier alpha value is -2.08.